The standard InChI is InChI=1S/C13H16N2O4/c1-9-3-5-10(6-4-9)13(18)19-8-12(17)15-7-11(16)14-2/h3-6H,7-8H2,1-2H3,(H,14,16)(H,15,17). The van der Waals surface area contributed by atoms with Crippen LogP contribution in [0.25, 0.3) is 0 Å². The van der Waals surface area contributed by atoms with Gasteiger partial charge in [0, 0.05) is 7.05 Å². The lowest BCUT2D eigenvalue weighted by molar-refractivity contribution is -0.127. The third kappa shape index (κ3) is 5.20. The van der Waals surface area contributed by atoms with Crippen molar-refractivity contribution in [3.63, 3.8) is 0 Å². The van der Waals surface area contributed by atoms with Crippen molar-refractivity contribution in [2.45, 2.75) is 6.92 Å². The van der Waals surface area contributed by atoms with Gasteiger partial charge in [0.2, 0.25) is 5.91 Å². The summed E-state index contributed by atoms with van der Waals surface area (Å²) in [4.78, 5) is 33.7. The zero-order valence-corrected chi connectivity index (χ0v) is 10.9. The van der Waals surface area contributed by atoms with Gasteiger partial charge in [-0.1, -0.05) is 17.7 Å². The number of nitrogens with one attached hydrogen (secondary N) is 2. The van der Waals surface area contributed by atoms with Crippen LogP contribution in [0.5, 0.6) is 0 Å². The largest absolute Gasteiger partial charge is 0.452 e. The SMILES string of the molecule is CNC(=O)CNC(=O)COC(=O)c1ccc(C)cc1. The molecule has 1 aromatic carbocycles. The van der Waals surface area contributed by atoms with E-state index in [1.807, 2.05) is 6.92 Å². The number of likely N-dealkylation sites (N-methyl/N-ethyl adjacent to an activating group) is 1. The molecule has 0 spiro atoms. The average molecular weight is 264 g/mol. The Labute approximate surface area is 111 Å². The van der Waals surface area contributed by atoms with Crippen LogP contribution in [0.1, 0.15) is 15.9 Å². The Morgan fingerprint density at radius 1 is 1.11 bits per heavy atom. The molecule has 19 heavy (non-hydrogen) atoms. The molecule has 0 aliphatic rings. The van der Waals surface area contributed by atoms with Crippen molar-refractivity contribution < 1.29 is 19.1 Å². The first-order chi connectivity index (χ1) is 9.02. The molecule has 0 aliphatic heterocycles. The van der Waals surface area contributed by atoms with Crippen molar-refractivity contribution in [2.75, 3.05) is 20.2 Å². The van der Waals surface area contributed by atoms with Gasteiger partial charge in [0.15, 0.2) is 6.61 Å². The first-order valence-electron chi connectivity index (χ1n) is 5.74. The van der Waals surface area contributed by atoms with E-state index < -0.39 is 18.5 Å². The molecule has 0 aromatic heterocycles. The van der Waals surface area contributed by atoms with Crippen LogP contribution in [0.2, 0.25) is 0 Å². The predicted octanol–water partition coefficient (Wildman–Crippen LogP) is 0.0140. The molecule has 6 nitrogen and oxygen atoms in total. The summed E-state index contributed by atoms with van der Waals surface area (Å²) in [6, 6.07) is 6.81. The van der Waals surface area contributed by atoms with Gasteiger partial charge >= 0.3 is 5.97 Å². The molecule has 0 saturated heterocycles. The van der Waals surface area contributed by atoms with E-state index in [2.05, 4.69) is 10.6 Å². The monoisotopic (exact) mass is 264 g/mol. The van der Waals surface area contributed by atoms with Gasteiger partial charge < -0.3 is 15.4 Å². The van der Waals surface area contributed by atoms with Gasteiger partial charge in [-0.3, -0.25) is 9.59 Å². The third-order valence-corrected chi connectivity index (χ3v) is 2.35. The predicted molar refractivity (Wildman–Crippen MR) is 68.5 cm³/mol. The van der Waals surface area contributed by atoms with Crippen LogP contribution < -0.4 is 10.6 Å². The maximum absolute atomic E-state index is 11.6. The van der Waals surface area contributed by atoms with E-state index in [1.54, 1.807) is 24.3 Å². The molecule has 6 heteroatoms. The van der Waals surface area contributed by atoms with E-state index in [4.69, 9.17) is 4.74 Å². The summed E-state index contributed by atoms with van der Waals surface area (Å²) in [7, 11) is 1.46. The maximum Gasteiger partial charge on any atom is 0.338 e. The topological polar surface area (TPSA) is 84.5 Å². The molecule has 1 aromatic rings. The zero-order chi connectivity index (χ0) is 14.3. The maximum atomic E-state index is 11.6. The highest BCUT2D eigenvalue weighted by Crippen LogP contribution is 2.04. The number of benzene rings is 1. The summed E-state index contributed by atoms with van der Waals surface area (Å²) in [5.74, 6) is -1.42. The highest BCUT2D eigenvalue weighted by molar-refractivity contribution is 5.92. The lowest BCUT2D eigenvalue weighted by Gasteiger charge is -2.06. The van der Waals surface area contributed by atoms with Crippen molar-refractivity contribution in [1.82, 2.24) is 10.6 Å². The van der Waals surface area contributed by atoms with Gasteiger partial charge in [-0.05, 0) is 19.1 Å². The molecule has 0 atom stereocenters. The van der Waals surface area contributed by atoms with Crippen molar-refractivity contribution in [3.8, 4) is 0 Å². The fourth-order valence-electron chi connectivity index (χ4n) is 1.22. The molecule has 0 bridgehead atoms. The van der Waals surface area contributed by atoms with Gasteiger partial charge in [0.25, 0.3) is 5.91 Å². The van der Waals surface area contributed by atoms with Gasteiger partial charge in [0.05, 0.1) is 12.1 Å². The van der Waals surface area contributed by atoms with E-state index in [1.165, 1.54) is 7.05 Å². The van der Waals surface area contributed by atoms with E-state index >= 15 is 0 Å². The zero-order valence-electron chi connectivity index (χ0n) is 10.9. The van der Waals surface area contributed by atoms with Crippen LogP contribution in [0.4, 0.5) is 0 Å². The lowest BCUT2D eigenvalue weighted by Crippen LogP contribution is -2.37. The van der Waals surface area contributed by atoms with Crippen molar-refractivity contribution in [1.29, 1.82) is 0 Å². The molecule has 0 saturated carbocycles. The van der Waals surface area contributed by atoms with Gasteiger partial charge in [-0.2, -0.15) is 0 Å². The molecular formula is C13H16N2O4. The van der Waals surface area contributed by atoms with E-state index in [0.717, 1.165) is 5.56 Å². The van der Waals surface area contributed by atoms with Crippen LogP contribution in [0.15, 0.2) is 24.3 Å². The highest BCUT2D eigenvalue weighted by atomic mass is 16.5. The molecule has 0 aliphatic carbocycles. The lowest BCUT2D eigenvalue weighted by atomic mass is 10.1. The summed E-state index contributed by atoms with van der Waals surface area (Å²) in [5.41, 5.74) is 1.41. The second kappa shape index (κ2) is 7.15. The van der Waals surface area contributed by atoms with E-state index in [9.17, 15) is 14.4 Å². The third-order valence-electron chi connectivity index (χ3n) is 2.35. The number of ether oxygens (including phenoxy) is 1. The first kappa shape index (κ1) is 14.7. The Morgan fingerprint density at radius 2 is 1.74 bits per heavy atom. The van der Waals surface area contributed by atoms with Crippen LogP contribution in [-0.4, -0.2) is 38.0 Å². The second-order valence-corrected chi connectivity index (χ2v) is 3.89. The Morgan fingerprint density at radius 3 is 2.32 bits per heavy atom. The van der Waals surface area contributed by atoms with Crippen LogP contribution in [-0.2, 0) is 14.3 Å². The Kier molecular flexibility index (Phi) is 5.53. The molecule has 0 radical (unpaired) electrons. The quantitative estimate of drug-likeness (QED) is 0.734. The number of amides is 2. The van der Waals surface area contributed by atoms with E-state index in [-0.39, 0.29) is 12.5 Å². The van der Waals surface area contributed by atoms with Crippen molar-refractivity contribution in [3.05, 3.63) is 35.4 Å². The van der Waals surface area contributed by atoms with Crippen molar-refractivity contribution in [2.24, 2.45) is 0 Å². The molecule has 2 N–H and O–H groups in total. The molecule has 0 heterocycles. The fourth-order valence-corrected chi connectivity index (χ4v) is 1.22. The number of hydrogen-bond acceptors (Lipinski definition) is 4. The molecule has 1 rings (SSSR count). The number of carbonyl (C=O) groups is 3. The second-order valence-electron chi connectivity index (χ2n) is 3.89. The minimum atomic E-state index is -0.574. The normalized spacial score (nSPS) is 9.58. The van der Waals surface area contributed by atoms with Crippen LogP contribution in [0.3, 0.4) is 0 Å². The molecule has 102 valence electrons. The Balaban J connectivity index is 2.36. The summed E-state index contributed by atoms with van der Waals surface area (Å²) < 4.78 is 4.81. The number of carbonyl (C=O) groups excluding carboxylic acids is 3. The first-order valence-corrected chi connectivity index (χ1v) is 5.74. The summed E-state index contributed by atoms with van der Waals surface area (Å²) in [5, 5.41) is 4.68. The van der Waals surface area contributed by atoms with Gasteiger partial charge in [-0.25, -0.2) is 4.79 Å². The molecule has 0 fully saturated rings. The van der Waals surface area contributed by atoms with Crippen molar-refractivity contribution >= 4 is 17.8 Å². The van der Waals surface area contributed by atoms with Crippen LogP contribution >= 0.6 is 0 Å². The minimum Gasteiger partial charge on any atom is -0.452 e. The fraction of sp³-hybridized carbons (Fsp3) is 0.308. The Hall–Kier alpha value is -2.37. The van der Waals surface area contributed by atoms with E-state index in [0.29, 0.717) is 5.56 Å². The number of rotatable bonds is 5. The molecular weight excluding hydrogens is 248 g/mol. The van der Waals surface area contributed by atoms with Gasteiger partial charge in [-0.15, -0.1) is 0 Å². The van der Waals surface area contributed by atoms with Crippen LogP contribution in [0, 0.1) is 6.92 Å². The number of esters is 1. The summed E-state index contributed by atoms with van der Waals surface area (Å²) in [6.45, 7) is 1.35. The highest BCUT2D eigenvalue weighted by Gasteiger charge is 2.10. The Bertz CT molecular complexity index is 468. The molecule has 2 amide bonds. The summed E-state index contributed by atoms with van der Waals surface area (Å²) >= 11 is 0. The average Bonchev–Trinajstić information content (AvgIpc) is 2.42. The number of aryl methyl sites for hydroxylation is 1. The summed E-state index contributed by atoms with van der Waals surface area (Å²) in [6.07, 6.45) is 0. The smallest absolute Gasteiger partial charge is 0.338 e. The molecule has 0 unspecified atom stereocenters. The number of hydrogen-bond donors (Lipinski definition) is 2. The van der Waals surface area contributed by atoms with Gasteiger partial charge in [0.1, 0.15) is 0 Å². The minimum absolute atomic E-state index is 0.141.